The first-order chi connectivity index (χ1) is 10.0. The number of rotatable bonds is 6. The summed E-state index contributed by atoms with van der Waals surface area (Å²) in [5.41, 5.74) is 0.712. The number of hydrogen-bond acceptors (Lipinski definition) is 2. The van der Waals surface area contributed by atoms with Crippen molar-refractivity contribution in [3.63, 3.8) is 0 Å². The minimum absolute atomic E-state index is 0.107. The zero-order valence-corrected chi connectivity index (χ0v) is 14.2. The van der Waals surface area contributed by atoms with E-state index in [1.54, 1.807) is 18.2 Å². The summed E-state index contributed by atoms with van der Waals surface area (Å²) >= 11 is 15.1. The van der Waals surface area contributed by atoms with Gasteiger partial charge in [0.05, 0.1) is 6.61 Å². The molecule has 2 aromatic rings. The van der Waals surface area contributed by atoms with E-state index in [1.807, 2.05) is 24.3 Å². The van der Waals surface area contributed by atoms with Gasteiger partial charge in [0.2, 0.25) is 0 Å². The third-order valence-corrected chi connectivity index (χ3v) is 3.78. The summed E-state index contributed by atoms with van der Waals surface area (Å²) < 4.78 is 6.50. The van der Waals surface area contributed by atoms with E-state index < -0.39 is 0 Å². The summed E-state index contributed by atoms with van der Waals surface area (Å²) in [5, 5.41) is 1.06. The Balaban J connectivity index is 1.79. The van der Waals surface area contributed by atoms with Crippen molar-refractivity contribution in [2.24, 2.45) is 0 Å². The fourth-order valence-corrected chi connectivity index (χ4v) is 2.59. The number of benzene rings is 2. The molecular formula is C16H13BrCl2O2. The van der Waals surface area contributed by atoms with Gasteiger partial charge in [-0.25, -0.2) is 0 Å². The van der Waals surface area contributed by atoms with Gasteiger partial charge < -0.3 is 4.74 Å². The minimum atomic E-state index is 0.107. The van der Waals surface area contributed by atoms with E-state index in [0.29, 0.717) is 40.8 Å². The predicted octanol–water partition coefficient (Wildman–Crippen LogP) is 5.80. The smallest absolute Gasteiger partial charge is 0.163 e. The van der Waals surface area contributed by atoms with Gasteiger partial charge in [-0.1, -0.05) is 51.3 Å². The molecule has 0 spiro atoms. The molecule has 21 heavy (non-hydrogen) atoms. The van der Waals surface area contributed by atoms with Gasteiger partial charge >= 0.3 is 0 Å². The summed E-state index contributed by atoms with van der Waals surface area (Å²) in [6, 6.07) is 12.4. The van der Waals surface area contributed by atoms with Crippen molar-refractivity contribution in [2.75, 3.05) is 6.61 Å². The van der Waals surface area contributed by atoms with Crippen LogP contribution in [0.25, 0.3) is 0 Å². The van der Waals surface area contributed by atoms with E-state index in [-0.39, 0.29) is 5.78 Å². The molecule has 0 radical (unpaired) electrons. The molecule has 0 fully saturated rings. The summed E-state index contributed by atoms with van der Waals surface area (Å²) in [6.07, 6.45) is 1.08. The normalized spacial score (nSPS) is 10.4. The van der Waals surface area contributed by atoms with Crippen molar-refractivity contribution in [3.8, 4) is 5.75 Å². The first kappa shape index (κ1) is 16.3. The van der Waals surface area contributed by atoms with E-state index in [9.17, 15) is 4.79 Å². The zero-order chi connectivity index (χ0) is 15.2. The third-order valence-electron chi connectivity index (χ3n) is 2.82. The molecule has 0 bridgehead atoms. The van der Waals surface area contributed by atoms with Crippen molar-refractivity contribution in [3.05, 3.63) is 62.5 Å². The molecule has 0 aromatic heterocycles. The van der Waals surface area contributed by atoms with E-state index in [2.05, 4.69) is 15.9 Å². The zero-order valence-electron chi connectivity index (χ0n) is 11.1. The molecule has 110 valence electrons. The average Bonchev–Trinajstić information content (AvgIpc) is 2.43. The van der Waals surface area contributed by atoms with Crippen molar-refractivity contribution in [1.82, 2.24) is 0 Å². The molecule has 0 saturated heterocycles. The van der Waals surface area contributed by atoms with Gasteiger partial charge in [-0.3, -0.25) is 4.79 Å². The molecule has 2 aromatic carbocycles. The monoisotopic (exact) mass is 386 g/mol. The molecule has 2 nitrogen and oxygen atoms in total. The number of halogens is 3. The molecular weight excluding hydrogens is 375 g/mol. The molecule has 2 rings (SSSR count). The number of carbonyl (C=O) groups is 1. The maximum Gasteiger partial charge on any atom is 0.163 e. The van der Waals surface area contributed by atoms with Crippen LogP contribution >= 0.6 is 39.1 Å². The highest BCUT2D eigenvalue weighted by Gasteiger charge is 2.06. The second-order valence-electron chi connectivity index (χ2n) is 4.49. The second kappa shape index (κ2) is 7.83. The predicted molar refractivity (Wildman–Crippen MR) is 89.7 cm³/mol. The van der Waals surface area contributed by atoms with Gasteiger partial charge in [0.25, 0.3) is 0 Å². The maximum absolute atomic E-state index is 12.0. The molecule has 0 saturated carbocycles. The Hall–Kier alpha value is -1.03. The van der Waals surface area contributed by atoms with Gasteiger partial charge in [0.1, 0.15) is 5.75 Å². The molecule has 0 aliphatic carbocycles. The highest BCUT2D eigenvalue weighted by molar-refractivity contribution is 9.10. The van der Waals surface area contributed by atoms with Crippen molar-refractivity contribution >= 4 is 44.9 Å². The first-order valence-corrected chi connectivity index (χ1v) is 7.97. The number of hydrogen-bond donors (Lipinski definition) is 0. The van der Waals surface area contributed by atoms with Crippen LogP contribution in [0.5, 0.6) is 5.75 Å². The quantitative estimate of drug-likeness (QED) is 0.462. The molecule has 0 N–H and O–H groups in total. The Bertz CT molecular complexity index is 606. The van der Waals surface area contributed by atoms with Crippen molar-refractivity contribution < 1.29 is 9.53 Å². The number of Topliss-reactive ketones (excluding diaryl/α,β-unsaturated/α-hetero) is 1. The van der Waals surface area contributed by atoms with Crippen LogP contribution in [-0.4, -0.2) is 12.4 Å². The Morgan fingerprint density at radius 1 is 1.05 bits per heavy atom. The summed E-state index contributed by atoms with van der Waals surface area (Å²) in [4.78, 5) is 12.0. The average molecular weight is 388 g/mol. The summed E-state index contributed by atoms with van der Waals surface area (Å²) in [7, 11) is 0. The number of carbonyl (C=O) groups excluding carboxylic acids is 1. The van der Waals surface area contributed by atoms with Gasteiger partial charge in [-0.2, -0.15) is 0 Å². The molecule has 0 aliphatic heterocycles. The van der Waals surface area contributed by atoms with Gasteiger partial charge in [0.15, 0.2) is 5.78 Å². The first-order valence-electron chi connectivity index (χ1n) is 6.42. The molecule has 0 atom stereocenters. The molecule has 0 amide bonds. The lowest BCUT2D eigenvalue weighted by Crippen LogP contribution is -2.03. The highest BCUT2D eigenvalue weighted by atomic mass is 79.9. The molecule has 0 aliphatic rings. The second-order valence-corrected chi connectivity index (χ2v) is 6.28. The van der Waals surface area contributed by atoms with Gasteiger partial charge in [0, 0.05) is 26.5 Å². The van der Waals surface area contributed by atoms with Gasteiger partial charge in [-0.15, -0.1) is 0 Å². The highest BCUT2D eigenvalue weighted by Crippen LogP contribution is 2.24. The largest absolute Gasteiger partial charge is 0.493 e. The maximum atomic E-state index is 12.0. The van der Waals surface area contributed by atoms with Crippen LogP contribution in [0.4, 0.5) is 0 Å². The van der Waals surface area contributed by atoms with Crippen LogP contribution in [0.3, 0.4) is 0 Å². The van der Waals surface area contributed by atoms with E-state index in [0.717, 1.165) is 4.47 Å². The van der Waals surface area contributed by atoms with Crippen LogP contribution in [0, 0.1) is 0 Å². The number of ketones is 1. The standard InChI is InChI=1S/C16H13BrCl2O2/c17-12-5-3-11(4-6-12)16(20)2-1-7-21-15-9-13(18)8-14(19)10-15/h3-6,8-10H,1-2,7H2. The Morgan fingerprint density at radius 2 is 1.67 bits per heavy atom. The lowest BCUT2D eigenvalue weighted by molar-refractivity contribution is 0.0973. The van der Waals surface area contributed by atoms with E-state index in [1.165, 1.54) is 0 Å². The minimum Gasteiger partial charge on any atom is -0.493 e. The van der Waals surface area contributed by atoms with Crippen LogP contribution in [-0.2, 0) is 0 Å². The molecule has 0 heterocycles. The molecule has 5 heteroatoms. The van der Waals surface area contributed by atoms with E-state index in [4.69, 9.17) is 27.9 Å². The Labute approximate surface area is 142 Å². The fraction of sp³-hybridized carbons (Fsp3) is 0.188. The van der Waals surface area contributed by atoms with Gasteiger partial charge in [-0.05, 0) is 36.8 Å². The summed E-state index contributed by atoms with van der Waals surface area (Å²) in [6.45, 7) is 0.443. The Kier molecular flexibility index (Phi) is 6.09. The lowest BCUT2D eigenvalue weighted by atomic mass is 10.1. The number of ether oxygens (including phenoxy) is 1. The topological polar surface area (TPSA) is 26.3 Å². The SMILES string of the molecule is O=C(CCCOc1cc(Cl)cc(Cl)c1)c1ccc(Br)cc1. The lowest BCUT2D eigenvalue weighted by Gasteiger charge is -2.07. The van der Waals surface area contributed by atoms with E-state index >= 15 is 0 Å². The van der Waals surface area contributed by atoms with Crippen LogP contribution in [0.1, 0.15) is 23.2 Å². The third kappa shape index (κ3) is 5.34. The fourth-order valence-electron chi connectivity index (χ4n) is 1.81. The summed E-state index contributed by atoms with van der Waals surface area (Å²) in [5.74, 6) is 0.721. The van der Waals surface area contributed by atoms with Crippen molar-refractivity contribution in [2.45, 2.75) is 12.8 Å². The van der Waals surface area contributed by atoms with Crippen LogP contribution < -0.4 is 4.74 Å². The van der Waals surface area contributed by atoms with Crippen LogP contribution in [0.2, 0.25) is 10.0 Å². The molecule has 0 unspecified atom stereocenters. The van der Waals surface area contributed by atoms with Crippen molar-refractivity contribution in [1.29, 1.82) is 0 Å². The Morgan fingerprint density at radius 3 is 2.29 bits per heavy atom. The van der Waals surface area contributed by atoms with Crippen LogP contribution in [0.15, 0.2) is 46.9 Å².